The number of thiazole rings is 1. The van der Waals surface area contributed by atoms with Gasteiger partial charge in [0.25, 0.3) is 11.8 Å². The van der Waals surface area contributed by atoms with E-state index in [1.807, 2.05) is 152 Å². The predicted octanol–water partition coefficient (Wildman–Crippen LogP) is 8.85. The fraction of sp³-hybridized carbons (Fsp3) is 0.217. The second-order valence-electron chi connectivity index (χ2n) is 20.4. The summed E-state index contributed by atoms with van der Waals surface area (Å²) in [6.45, 7) is 7.84. The Bertz CT molecular complexity index is 3520. The van der Waals surface area contributed by atoms with Crippen molar-refractivity contribution in [2.45, 2.75) is 75.4 Å². The Morgan fingerprint density at radius 1 is 0.785 bits per heavy atom. The summed E-state index contributed by atoms with van der Waals surface area (Å²) < 4.78 is 28.2. The molecule has 79 heavy (non-hydrogen) atoms. The number of hydrogen-bond donors (Lipinski definition) is 4. The summed E-state index contributed by atoms with van der Waals surface area (Å²) in [7, 11) is -1.96. The Morgan fingerprint density at radius 2 is 1.32 bits per heavy atom. The van der Waals surface area contributed by atoms with Crippen LogP contribution in [0.4, 0.5) is 5.13 Å². The van der Waals surface area contributed by atoms with Gasteiger partial charge in [-0.1, -0.05) is 157 Å². The van der Waals surface area contributed by atoms with Crippen LogP contribution < -0.4 is 10.6 Å². The number of nitrogens with one attached hydrogen (secondary N) is 2. The number of rotatable bonds is 17. The SMILES string of the molecule is CC(C)(C)OC(=O)C(C)(C)O/N=C(\C(=O)NC1C(=O)N2C(C(=O)OC(c3ccccc3)c3ccccc3)=C(Cn3cnc4cc(O)c(O)cc43)CS(=O)[C@@H]12)c1csc(NC(c2ccccc2)(c2ccccc2)c2ccccc2)n1. The molecule has 1 fully saturated rings. The Hall–Kier alpha value is -8.94. The molecule has 0 spiro atoms. The number of benzene rings is 6. The third-order valence-corrected chi connectivity index (χ3v) is 15.7. The first-order valence-corrected chi connectivity index (χ1v) is 27.5. The van der Waals surface area contributed by atoms with E-state index in [1.165, 1.54) is 43.6 Å². The van der Waals surface area contributed by atoms with Gasteiger partial charge in [0, 0.05) is 24.1 Å². The lowest BCUT2D eigenvalue weighted by atomic mass is 9.77. The quantitative estimate of drug-likeness (QED) is 0.0167. The molecule has 4 N–H and O–H groups in total. The lowest BCUT2D eigenvalue weighted by Gasteiger charge is -2.49. The number of oxime groups is 1. The van der Waals surface area contributed by atoms with Crippen molar-refractivity contribution in [1.82, 2.24) is 24.8 Å². The van der Waals surface area contributed by atoms with E-state index in [-0.39, 0.29) is 35.0 Å². The highest BCUT2D eigenvalue weighted by Gasteiger charge is 2.58. The maximum atomic E-state index is 15.0. The van der Waals surface area contributed by atoms with Crippen molar-refractivity contribution >= 4 is 67.8 Å². The molecular weight excluding hydrogens is 1040 g/mol. The minimum Gasteiger partial charge on any atom is -0.504 e. The van der Waals surface area contributed by atoms with Crippen LogP contribution in [-0.2, 0) is 56.4 Å². The molecule has 402 valence electrons. The van der Waals surface area contributed by atoms with Crippen LogP contribution in [0.25, 0.3) is 11.0 Å². The van der Waals surface area contributed by atoms with E-state index >= 15 is 0 Å². The second kappa shape index (κ2) is 21.8. The van der Waals surface area contributed by atoms with Crippen LogP contribution in [0.3, 0.4) is 0 Å². The number of amides is 2. The summed E-state index contributed by atoms with van der Waals surface area (Å²) >= 11 is 1.18. The smallest absolute Gasteiger partial charge is 0.356 e. The molecule has 4 heterocycles. The number of carbonyl (C=O) groups excluding carboxylic acids is 4. The number of fused-ring (bicyclic) bond motifs is 2. The van der Waals surface area contributed by atoms with Gasteiger partial charge in [0.05, 0.1) is 33.9 Å². The van der Waals surface area contributed by atoms with Crippen LogP contribution in [0.15, 0.2) is 192 Å². The molecule has 10 rings (SSSR count). The van der Waals surface area contributed by atoms with Gasteiger partial charge in [-0.05, 0) is 68.0 Å². The average molecular weight is 1100 g/mol. The Balaban J connectivity index is 1.01. The number of aromatic hydroxyl groups is 2. The van der Waals surface area contributed by atoms with Crippen LogP contribution in [0.2, 0.25) is 0 Å². The molecule has 2 aliphatic heterocycles. The molecule has 1 saturated heterocycles. The molecular formula is C60H55N7O10S2. The normalized spacial score (nSPS) is 16.7. The zero-order chi connectivity index (χ0) is 55.6. The lowest BCUT2D eigenvalue weighted by Crippen LogP contribution is -2.74. The van der Waals surface area contributed by atoms with Gasteiger partial charge >= 0.3 is 11.9 Å². The van der Waals surface area contributed by atoms with Crippen LogP contribution in [-0.4, -0.2) is 91.7 Å². The number of imidazole rings is 1. The van der Waals surface area contributed by atoms with Crippen LogP contribution in [0.5, 0.6) is 11.5 Å². The van der Waals surface area contributed by atoms with E-state index in [9.17, 15) is 33.6 Å². The fourth-order valence-electron chi connectivity index (χ4n) is 9.52. The number of phenolic OH excluding ortho intramolecular Hbond substituents is 2. The van der Waals surface area contributed by atoms with Gasteiger partial charge in [0.15, 0.2) is 28.4 Å². The number of ether oxygens (including phenoxy) is 2. The zero-order valence-corrected chi connectivity index (χ0v) is 45.2. The molecule has 0 saturated carbocycles. The number of hydrogen-bond acceptors (Lipinski definition) is 15. The molecule has 6 aromatic carbocycles. The summed E-state index contributed by atoms with van der Waals surface area (Å²) in [5.41, 5.74) is 0.658. The molecule has 2 amide bonds. The minimum absolute atomic E-state index is 0.00713. The van der Waals surface area contributed by atoms with E-state index in [2.05, 4.69) is 20.8 Å². The number of nitrogens with zero attached hydrogens (tertiary/aromatic N) is 5. The predicted molar refractivity (Wildman–Crippen MR) is 299 cm³/mol. The van der Waals surface area contributed by atoms with Gasteiger partial charge in [-0.25, -0.2) is 19.6 Å². The molecule has 0 aliphatic carbocycles. The molecule has 8 aromatic rings. The summed E-state index contributed by atoms with van der Waals surface area (Å²) in [6, 6.07) is 48.8. The summed E-state index contributed by atoms with van der Waals surface area (Å²) in [5, 5.41) is 32.1. The molecule has 19 heteroatoms. The van der Waals surface area contributed by atoms with Gasteiger partial charge in [-0.2, -0.15) is 0 Å². The van der Waals surface area contributed by atoms with E-state index in [1.54, 1.807) is 30.7 Å². The standard InChI is InChI=1S/C60H55N7O10S2/c1-58(2,3)76-56(73)59(4,5)77-65-48(44-34-78-57(62-44)64-60(40-25-15-8-16-26-40,41-27-17-9-18-28-41)42-29-19-10-20-30-42)52(70)63-49-53(71)67-50(55(72)75-51(37-21-11-6-12-22-37)38-23-13-7-14-24-38)39(35-79(74)54(49)67)33-66-36-61-43-31-46(68)47(69)32-45(43)66/h6-32,34,36,49,51,54,68-69H,33,35H2,1-5H3,(H,62,64)(H,63,70)/b65-48-/t49?,54-,79?/m0/s1. The number of esters is 2. The maximum absolute atomic E-state index is 15.0. The third kappa shape index (κ3) is 10.9. The number of aromatic nitrogens is 3. The van der Waals surface area contributed by atoms with Crippen molar-refractivity contribution in [2.24, 2.45) is 5.16 Å². The van der Waals surface area contributed by atoms with Gasteiger partial charge in [-0.3, -0.25) is 18.7 Å². The average Bonchev–Trinajstić information content (AvgIpc) is 4.18. The largest absolute Gasteiger partial charge is 0.504 e. The molecule has 2 unspecified atom stereocenters. The highest BCUT2D eigenvalue weighted by molar-refractivity contribution is 7.86. The highest BCUT2D eigenvalue weighted by Crippen LogP contribution is 2.42. The lowest BCUT2D eigenvalue weighted by molar-refractivity contribution is -0.179. The van der Waals surface area contributed by atoms with E-state index in [0.717, 1.165) is 21.6 Å². The summed E-state index contributed by atoms with van der Waals surface area (Å²) in [5.74, 6) is -4.47. The molecule has 2 aromatic heterocycles. The Kier molecular flexibility index (Phi) is 14.8. The topological polar surface area (TPSA) is 224 Å². The maximum Gasteiger partial charge on any atom is 0.356 e. The van der Waals surface area contributed by atoms with E-state index in [4.69, 9.17) is 19.3 Å². The van der Waals surface area contributed by atoms with Crippen molar-refractivity contribution in [3.8, 4) is 11.5 Å². The van der Waals surface area contributed by atoms with Crippen molar-refractivity contribution in [2.75, 3.05) is 11.1 Å². The van der Waals surface area contributed by atoms with Crippen molar-refractivity contribution in [3.63, 3.8) is 0 Å². The van der Waals surface area contributed by atoms with E-state index < -0.39 is 80.3 Å². The van der Waals surface area contributed by atoms with Gasteiger partial charge < -0.3 is 39.7 Å². The highest BCUT2D eigenvalue weighted by atomic mass is 32.2. The molecule has 0 radical (unpaired) electrons. The monoisotopic (exact) mass is 1100 g/mol. The van der Waals surface area contributed by atoms with Crippen molar-refractivity contribution in [3.05, 3.63) is 220 Å². The zero-order valence-electron chi connectivity index (χ0n) is 43.6. The van der Waals surface area contributed by atoms with Gasteiger partial charge in [0.2, 0.25) is 5.60 Å². The second-order valence-corrected chi connectivity index (χ2v) is 22.8. The van der Waals surface area contributed by atoms with Crippen LogP contribution in [0, 0.1) is 0 Å². The molecule has 17 nitrogen and oxygen atoms in total. The number of phenols is 2. The fourth-order valence-corrected chi connectivity index (χ4v) is 11.9. The Labute approximate surface area is 461 Å². The van der Waals surface area contributed by atoms with Crippen molar-refractivity contribution in [1.29, 1.82) is 0 Å². The first-order valence-electron chi connectivity index (χ1n) is 25.2. The van der Waals surface area contributed by atoms with Crippen LogP contribution in [0.1, 0.15) is 74.2 Å². The summed E-state index contributed by atoms with van der Waals surface area (Å²) in [6.07, 6.45) is 0.499. The van der Waals surface area contributed by atoms with E-state index in [0.29, 0.717) is 27.3 Å². The number of anilines is 1. The van der Waals surface area contributed by atoms with Crippen LogP contribution >= 0.6 is 11.3 Å². The number of carbonyl (C=O) groups is 4. The van der Waals surface area contributed by atoms with Crippen molar-refractivity contribution < 1.29 is 47.9 Å². The van der Waals surface area contributed by atoms with Gasteiger partial charge in [0.1, 0.15) is 33.9 Å². The molecule has 0 bridgehead atoms. The van der Waals surface area contributed by atoms with Gasteiger partial charge in [-0.15, -0.1) is 11.3 Å². The minimum atomic E-state index is -1.96. The Morgan fingerprint density at radius 3 is 1.86 bits per heavy atom. The molecule has 3 atom stereocenters. The molecule has 2 aliphatic rings. The first kappa shape index (κ1) is 53.5. The summed E-state index contributed by atoms with van der Waals surface area (Å²) in [4.78, 5) is 74.5. The first-order chi connectivity index (χ1) is 37.9. The third-order valence-electron chi connectivity index (χ3n) is 13.3. The number of β-lactam (4-membered cyclic amide) rings is 1.